The predicted molar refractivity (Wildman–Crippen MR) is 74.0 cm³/mol. The van der Waals surface area contributed by atoms with Crippen LogP contribution in [0.25, 0.3) is 0 Å². The Morgan fingerprint density at radius 2 is 2.06 bits per heavy atom. The minimum Gasteiger partial charge on any atom is -0.410 e. The summed E-state index contributed by atoms with van der Waals surface area (Å²) >= 11 is 0. The van der Waals surface area contributed by atoms with Crippen molar-refractivity contribution in [3.8, 4) is 5.75 Å². The Morgan fingerprint density at radius 3 is 2.61 bits per heavy atom. The van der Waals surface area contributed by atoms with Crippen LogP contribution in [0.15, 0.2) is 24.3 Å². The van der Waals surface area contributed by atoms with E-state index >= 15 is 0 Å². The van der Waals surface area contributed by atoms with Gasteiger partial charge in [-0.3, -0.25) is 0 Å². The zero-order valence-corrected chi connectivity index (χ0v) is 11.8. The molecule has 0 fully saturated rings. The van der Waals surface area contributed by atoms with Crippen molar-refractivity contribution in [2.75, 3.05) is 27.7 Å². The zero-order chi connectivity index (χ0) is 13.7. The zero-order valence-electron chi connectivity index (χ0n) is 12.8. The summed E-state index contributed by atoms with van der Waals surface area (Å²) in [6.45, 7) is 4.65. The van der Waals surface area contributed by atoms with Crippen molar-refractivity contribution in [3.63, 3.8) is 0 Å². The van der Waals surface area contributed by atoms with Crippen molar-refractivity contribution in [2.45, 2.75) is 19.9 Å². The molecule has 4 heteroatoms. The second kappa shape index (κ2) is 6.40. The molecule has 1 atom stereocenters. The van der Waals surface area contributed by atoms with Crippen LogP contribution in [0.1, 0.15) is 26.9 Å². The molecular weight excluding hydrogens is 228 g/mol. The first-order valence-electron chi connectivity index (χ1n) is 6.15. The lowest BCUT2D eigenvalue weighted by Gasteiger charge is -2.21. The highest BCUT2D eigenvalue weighted by Crippen LogP contribution is 2.22. The smallest absolute Gasteiger partial charge is 0.410 e. The first-order chi connectivity index (χ1) is 8.45. The van der Waals surface area contributed by atoms with E-state index < -0.39 is 0 Å². The summed E-state index contributed by atoms with van der Waals surface area (Å²) in [7, 11) is 5.76. The van der Waals surface area contributed by atoms with E-state index in [0.717, 1.165) is 5.56 Å². The lowest BCUT2D eigenvalue weighted by atomic mass is 10.1. The molecule has 100 valence electrons. The van der Waals surface area contributed by atoms with Crippen LogP contribution in [-0.2, 0) is 0 Å². The maximum Gasteiger partial charge on any atom is 1.00 e. The quantitative estimate of drug-likeness (QED) is 0.825. The molecule has 1 aromatic carbocycles. The number of benzene rings is 1. The molecule has 1 aromatic rings. The van der Waals surface area contributed by atoms with Crippen molar-refractivity contribution in [1.82, 2.24) is 9.80 Å². The van der Waals surface area contributed by atoms with Crippen molar-refractivity contribution < 1.29 is 11.0 Å². The maximum atomic E-state index is 11.7. The fraction of sp³-hybridized carbons (Fsp3) is 0.500. The molecule has 0 saturated carbocycles. The lowest BCUT2D eigenvalue weighted by molar-refractivity contribution is 0.165. The van der Waals surface area contributed by atoms with Gasteiger partial charge in [-0.1, -0.05) is 12.1 Å². The summed E-state index contributed by atoms with van der Waals surface area (Å²) in [4.78, 5) is 15.3. The van der Waals surface area contributed by atoms with Gasteiger partial charge in [-0.2, -0.15) is 0 Å². The third-order valence-electron chi connectivity index (χ3n) is 3.11. The fourth-order valence-electron chi connectivity index (χ4n) is 1.44. The van der Waals surface area contributed by atoms with Gasteiger partial charge in [-0.15, -0.1) is 0 Å². The van der Waals surface area contributed by atoms with Gasteiger partial charge in [0.25, 0.3) is 0 Å². The number of rotatable bonds is 4. The SMILES string of the molecule is CCN(C)C(=O)Oc1cccc([C@H](C)N(C)C)c1.[H+]. The van der Waals surface area contributed by atoms with Crippen molar-refractivity contribution >= 4 is 6.09 Å². The van der Waals surface area contributed by atoms with Crippen LogP contribution in [-0.4, -0.2) is 43.6 Å². The average molecular weight is 251 g/mol. The first kappa shape index (κ1) is 14.5. The third-order valence-corrected chi connectivity index (χ3v) is 3.11. The topological polar surface area (TPSA) is 32.8 Å². The summed E-state index contributed by atoms with van der Waals surface area (Å²) in [6.07, 6.45) is -0.327. The normalized spacial score (nSPS) is 12.3. The molecule has 0 unspecified atom stereocenters. The number of hydrogen-bond acceptors (Lipinski definition) is 3. The molecule has 0 spiro atoms. The molecule has 0 aliphatic rings. The fourth-order valence-corrected chi connectivity index (χ4v) is 1.44. The van der Waals surface area contributed by atoms with Gasteiger partial charge in [-0.05, 0) is 45.6 Å². The molecule has 0 aromatic heterocycles. The Morgan fingerprint density at radius 1 is 1.39 bits per heavy atom. The van der Waals surface area contributed by atoms with Crippen molar-refractivity contribution in [2.24, 2.45) is 0 Å². The van der Waals surface area contributed by atoms with Crippen LogP contribution >= 0.6 is 0 Å². The largest absolute Gasteiger partial charge is 1.00 e. The van der Waals surface area contributed by atoms with Gasteiger partial charge >= 0.3 is 7.52 Å². The van der Waals surface area contributed by atoms with E-state index in [0.29, 0.717) is 12.3 Å². The molecule has 1 amide bonds. The van der Waals surface area contributed by atoms with Gasteiger partial charge in [0, 0.05) is 19.6 Å². The van der Waals surface area contributed by atoms with Gasteiger partial charge in [0.05, 0.1) is 0 Å². The van der Waals surface area contributed by atoms with Crippen molar-refractivity contribution in [1.29, 1.82) is 0 Å². The van der Waals surface area contributed by atoms with Crippen LogP contribution < -0.4 is 4.74 Å². The lowest BCUT2D eigenvalue weighted by Crippen LogP contribution is -2.29. The van der Waals surface area contributed by atoms with Crippen LogP contribution in [0.5, 0.6) is 5.75 Å². The van der Waals surface area contributed by atoms with Gasteiger partial charge in [0.15, 0.2) is 0 Å². The monoisotopic (exact) mass is 251 g/mol. The third kappa shape index (κ3) is 3.74. The summed E-state index contributed by atoms with van der Waals surface area (Å²) in [5.41, 5.74) is 1.13. The number of ether oxygens (including phenoxy) is 1. The van der Waals surface area contributed by atoms with Gasteiger partial charge in [0.1, 0.15) is 5.75 Å². The summed E-state index contributed by atoms with van der Waals surface area (Å²) < 4.78 is 5.31. The van der Waals surface area contributed by atoms with E-state index in [4.69, 9.17) is 4.74 Å². The number of hydrogen-bond donors (Lipinski definition) is 0. The molecular formula is C14H23N2O2+. The number of carbonyl (C=O) groups is 1. The Bertz CT molecular complexity index is 410. The van der Waals surface area contributed by atoms with Crippen LogP contribution in [0.3, 0.4) is 0 Å². The Balaban J connectivity index is 0.00000324. The molecule has 0 aliphatic heterocycles. The van der Waals surface area contributed by atoms with E-state index in [-0.39, 0.29) is 13.6 Å². The van der Waals surface area contributed by atoms with Crippen LogP contribution in [0.2, 0.25) is 0 Å². The molecule has 1 rings (SSSR count). The number of nitrogens with zero attached hydrogens (tertiary/aromatic N) is 2. The predicted octanol–water partition coefficient (Wildman–Crippen LogP) is 2.87. The van der Waals surface area contributed by atoms with Crippen LogP contribution in [0.4, 0.5) is 4.79 Å². The molecule has 0 radical (unpaired) electrons. The second-order valence-electron chi connectivity index (χ2n) is 4.59. The molecule has 18 heavy (non-hydrogen) atoms. The summed E-state index contributed by atoms with van der Waals surface area (Å²) in [5.74, 6) is 0.589. The second-order valence-corrected chi connectivity index (χ2v) is 4.59. The minimum atomic E-state index is -0.327. The Labute approximate surface area is 111 Å². The minimum absolute atomic E-state index is 0. The highest BCUT2D eigenvalue weighted by Gasteiger charge is 2.12. The first-order valence-corrected chi connectivity index (χ1v) is 6.15. The average Bonchev–Trinajstić information content (AvgIpc) is 2.36. The van der Waals surface area contributed by atoms with E-state index in [1.54, 1.807) is 13.1 Å². The maximum absolute atomic E-state index is 11.7. The van der Waals surface area contributed by atoms with Crippen LogP contribution in [0, 0.1) is 0 Å². The standard InChI is InChI=1S/C14H22N2O2/c1-6-16(5)14(17)18-13-9-7-8-12(10-13)11(2)15(3)4/h7-11H,6H2,1-5H3/p+1/t11-/m0/s1. The van der Waals surface area contributed by atoms with Gasteiger partial charge in [0.2, 0.25) is 0 Å². The molecule has 4 nitrogen and oxygen atoms in total. The van der Waals surface area contributed by atoms with E-state index in [1.165, 1.54) is 4.90 Å². The van der Waals surface area contributed by atoms with Gasteiger partial charge < -0.3 is 14.5 Å². The highest BCUT2D eigenvalue weighted by atomic mass is 16.6. The van der Waals surface area contributed by atoms with Gasteiger partial charge in [-0.25, -0.2) is 4.79 Å². The molecule has 0 saturated heterocycles. The van der Waals surface area contributed by atoms with Crippen molar-refractivity contribution in [3.05, 3.63) is 29.8 Å². The Hall–Kier alpha value is -1.55. The van der Waals surface area contributed by atoms with E-state index in [1.807, 2.05) is 39.2 Å². The molecule has 0 heterocycles. The molecule has 0 N–H and O–H groups in total. The summed E-state index contributed by atoms with van der Waals surface area (Å²) in [5, 5.41) is 0. The number of amides is 1. The van der Waals surface area contributed by atoms with E-state index in [2.05, 4.69) is 11.8 Å². The Kier molecular flexibility index (Phi) is 5.16. The number of carbonyl (C=O) groups excluding carboxylic acids is 1. The molecule has 0 aliphatic carbocycles. The van der Waals surface area contributed by atoms with E-state index in [9.17, 15) is 4.79 Å². The summed E-state index contributed by atoms with van der Waals surface area (Å²) in [6, 6.07) is 7.93. The highest BCUT2D eigenvalue weighted by molar-refractivity contribution is 5.70. The molecule has 0 bridgehead atoms.